The summed E-state index contributed by atoms with van der Waals surface area (Å²) < 4.78 is 2.62. The molecule has 0 fully saturated rings. The molecule has 0 bridgehead atoms. The molecule has 0 saturated heterocycles. The zero-order valence-corrected chi connectivity index (χ0v) is 35.7. The number of rotatable bonds is 10. The number of carbonyl (C=O) groups excluding carboxylic acids is 2. The van der Waals surface area contributed by atoms with Crippen LogP contribution in [0.25, 0.3) is 5.57 Å². The van der Waals surface area contributed by atoms with Gasteiger partial charge in [0, 0.05) is 74.4 Å². The molecule has 3 heterocycles. The fraction of sp³-hybridized carbons (Fsp3) is 0.460. The third kappa shape index (κ3) is 6.86. The summed E-state index contributed by atoms with van der Waals surface area (Å²) in [4.78, 5) is 31.9. The summed E-state index contributed by atoms with van der Waals surface area (Å²) >= 11 is 0. The van der Waals surface area contributed by atoms with E-state index in [2.05, 4.69) is 86.7 Å². The van der Waals surface area contributed by atoms with E-state index in [1.807, 2.05) is 25.2 Å². The number of hydrogen-bond donors (Lipinski definition) is 3. The van der Waals surface area contributed by atoms with Gasteiger partial charge < -0.3 is 26.0 Å². The van der Waals surface area contributed by atoms with Crippen LogP contribution in [0.5, 0.6) is 5.75 Å². The molecule has 4 aliphatic rings. The lowest BCUT2D eigenvalue weighted by Crippen LogP contribution is -2.53. The first-order valence-electron chi connectivity index (χ1n) is 21.7. The predicted molar refractivity (Wildman–Crippen MR) is 235 cm³/mol. The Bertz CT molecular complexity index is 2440. The van der Waals surface area contributed by atoms with E-state index in [4.69, 9.17) is 5.73 Å². The van der Waals surface area contributed by atoms with Crippen molar-refractivity contribution in [3.63, 3.8) is 0 Å². The van der Waals surface area contributed by atoms with Gasteiger partial charge in [-0.05, 0) is 145 Å². The summed E-state index contributed by atoms with van der Waals surface area (Å²) in [5, 5.41) is 15.5. The van der Waals surface area contributed by atoms with Crippen molar-refractivity contribution in [3.05, 3.63) is 121 Å². The van der Waals surface area contributed by atoms with E-state index in [0.717, 1.165) is 56.4 Å². The summed E-state index contributed by atoms with van der Waals surface area (Å²) in [7, 11) is 1.86. The van der Waals surface area contributed by atoms with E-state index in [9.17, 15) is 14.7 Å². The van der Waals surface area contributed by atoms with Crippen LogP contribution in [-0.4, -0.2) is 67.1 Å². The van der Waals surface area contributed by atoms with Crippen molar-refractivity contribution >= 4 is 28.8 Å². The van der Waals surface area contributed by atoms with Gasteiger partial charge in [0.2, 0.25) is 11.3 Å². The number of nitrogens with zero attached hydrogens (tertiary/aromatic N) is 3. The van der Waals surface area contributed by atoms with Crippen molar-refractivity contribution < 1.29 is 14.7 Å². The number of fused-ring (bicyclic) bond motifs is 4. The van der Waals surface area contributed by atoms with Crippen LogP contribution in [0.1, 0.15) is 134 Å². The molecule has 58 heavy (non-hydrogen) atoms. The molecular formula is C50H62N5O3+. The number of hydrogen-bond acceptors (Lipinski definition) is 5. The fourth-order valence-electron chi connectivity index (χ4n) is 11.0. The van der Waals surface area contributed by atoms with Crippen LogP contribution in [0.3, 0.4) is 0 Å². The minimum atomic E-state index is -0.245. The van der Waals surface area contributed by atoms with Crippen LogP contribution >= 0.6 is 0 Å². The summed E-state index contributed by atoms with van der Waals surface area (Å²) in [6.45, 7) is 18.4. The Labute approximate surface area is 344 Å². The third-order valence-corrected chi connectivity index (χ3v) is 13.7. The van der Waals surface area contributed by atoms with Crippen LogP contribution in [0.2, 0.25) is 0 Å². The zero-order chi connectivity index (χ0) is 41.1. The van der Waals surface area contributed by atoms with Gasteiger partial charge in [0.1, 0.15) is 12.3 Å². The Hall–Kier alpha value is -5.11. The van der Waals surface area contributed by atoms with Crippen molar-refractivity contribution in [2.24, 2.45) is 0 Å². The predicted octanol–water partition coefficient (Wildman–Crippen LogP) is 6.57. The molecule has 0 radical (unpaired) electrons. The van der Waals surface area contributed by atoms with Gasteiger partial charge in [0.25, 0.3) is 5.91 Å². The number of amides is 2. The summed E-state index contributed by atoms with van der Waals surface area (Å²) in [6, 6.07) is 20.9. The van der Waals surface area contributed by atoms with Crippen LogP contribution in [0.4, 0.5) is 11.4 Å². The van der Waals surface area contributed by atoms with Crippen molar-refractivity contribution in [1.29, 1.82) is 0 Å². The number of anilines is 2. The van der Waals surface area contributed by atoms with Crippen LogP contribution in [0.15, 0.2) is 60.7 Å². The Morgan fingerprint density at radius 3 is 2.52 bits per heavy atom. The second-order valence-electron chi connectivity index (χ2n) is 18.5. The molecule has 0 saturated carbocycles. The van der Waals surface area contributed by atoms with Gasteiger partial charge in [-0.25, -0.2) is 4.58 Å². The molecule has 4 aromatic carbocycles. The lowest BCUT2D eigenvalue weighted by molar-refractivity contribution is -0.121. The molecule has 4 N–H and O–H groups in total. The van der Waals surface area contributed by atoms with Gasteiger partial charge in [-0.2, -0.15) is 0 Å². The highest BCUT2D eigenvalue weighted by Crippen LogP contribution is 2.49. The minimum absolute atomic E-state index is 0.0321. The first-order chi connectivity index (χ1) is 27.7. The average Bonchev–Trinajstić information content (AvgIpc) is 3.19. The molecule has 304 valence electrons. The first kappa shape index (κ1) is 39.7. The molecule has 2 amide bonds. The van der Waals surface area contributed by atoms with E-state index in [0.29, 0.717) is 49.5 Å². The molecular weight excluding hydrogens is 719 g/mol. The van der Waals surface area contributed by atoms with Crippen LogP contribution in [-0.2, 0) is 29.5 Å². The van der Waals surface area contributed by atoms with Gasteiger partial charge in [0.15, 0.2) is 5.54 Å². The molecule has 1 atom stereocenters. The highest BCUT2D eigenvalue weighted by molar-refractivity contribution is 6.02. The zero-order valence-electron chi connectivity index (χ0n) is 35.7. The summed E-state index contributed by atoms with van der Waals surface area (Å²) in [5.41, 5.74) is 19.5. The maximum absolute atomic E-state index is 14.6. The van der Waals surface area contributed by atoms with Gasteiger partial charge in [-0.15, -0.1) is 0 Å². The lowest BCUT2D eigenvalue weighted by atomic mass is 9.64. The molecule has 0 aromatic heterocycles. The fourth-order valence-corrected chi connectivity index (χ4v) is 11.0. The van der Waals surface area contributed by atoms with Crippen molar-refractivity contribution in [1.82, 2.24) is 14.8 Å². The van der Waals surface area contributed by atoms with E-state index in [-0.39, 0.29) is 28.5 Å². The molecule has 1 aliphatic carbocycles. The van der Waals surface area contributed by atoms with Crippen molar-refractivity contribution in [3.8, 4) is 5.75 Å². The molecule has 8 rings (SSSR count). The summed E-state index contributed by atoms with van der Waals surface area (Å²) in [6.07, 6.45) is 7.03. The number of carbonyl (C=O) groups is 2. The Kier molecular flexibility index (Phi) is 10.4. The number of phenols is 1. The Morgan fingerprint density at radius 1 is 1.00 bits per heavy atom. The normalized spacial score (nSPS) is 18.5. The molecule has 1 unspecified atom stereocenters. The van der Waals surface area contributed by atoms with Crippen LogP contribution in [0, 0.1) is 0 Å². The van der Waals surface area contributed by atoms with E-state index in [1.54, 1.807) is 17.0 Å². The third-order valence-electron chi connectivity index (χ3n) is 13.7. The van der Waals surface area contributed by atoms with Gasteiger partial charge >= 0.3 is 0 Å². The minimum Gasteiger partial charge on any atom is -0.506 e. The average molecular weight is 781 g/mol. The quantitative estimate of drug-likeness (QED) is 0.0962. The number of benzene rings is 4. The molecule has 8 heteroatoms. The number of aromatic hydroxyl groups is 1. The highest BCUT2D eigenvalue weighted by Gasteiger charge is 2.43. The Balaban J connectivity index is 1.18. The number of nitrogens with two attached hydrogens (primary N) is 1. The second kappa shape index (κ2) is 15.2. The van der Waals surface area contributed by atoms with Gasteiger partial charge in [0.05, 0.1) is 5.69 Å². The van der Waals surface area contributed by atoms with Crippen LogP contribution < -0.4 is 31.1 Å². The van der Waals surface area contributed by atoms with E-state index < -0.39 is 0 Å². The van der Waals surface area contributed by atoms with E-state index >= 15 is 0 Å². The molecule has 8 nitrogen and oxygen atoms in total. The van der Waals surface area contributed by atoms with Gasteiger partial charge in [-0.3, -0.25) is 9.59 Å². The molecule has 0 spiro atoms. The number of phenolic OH excluding ortho intramolecular Hbond substituents is 1. The smallest absolute Gasteiger partial charge is 0.254 e. The first-order valence-corrected chi connectivity index (χ1v) is 21.7. The Morgan fingerprint density at radius 2 is 1.76 bits per heavy atom. The maximum atomic E-state index is 14.6. The monoisotopic (exact) mass is 780 g/mol. The highest BCUT2D eigenvalue weighted by atomic mass is 16.3. The number of nitrogens with one attached hydrogen (secondary N) is 1. The number of nitrogen functional groups attached to an aromatic ring is 1. The summed E-state index contributed by atoms with van der Waals surface area (Å²) in [5.74, 6) is 0.366. The number of aryl methyl sites for hydroxylation is 1. The van der Waals surface area contributed by atoms with Gasteiger partial charge in [-0.1, -0.05) is 45.0 Å². The largest absolute Gasteiger partial charge is 0.506 e. The topological polar surface area (TPSA) is 102 Å². The van der Waals surface area contributed by atoms with Crippen molar-refractivity contribution in [2.75, 3.05) is 50.4 Å². The lowest BCUT2D eigenvalue weighted by Gasteiger charge is -2.44. The van der Waals surface area contributed by atoms with Crippen molar-refractivity contribution in [2.45, 2.75) is 110 Å². The SMILES string of the molecule is CC[N+]1=c2cc3c(cc2C(C)CC1(C)C)=C(c1ccccc1C(=O)N(C)CCCC(=O)NCCc1ccc(N)c(O)c1)c1cc2c4c(c1C3(C)C)CCCN4CCC2. The van der Waals surface area contributed by atoms with E-state index in [1.165, 1.54) is 61.6 Å². The standard InChI is InChI=1S/C50H61N5O3/c1-8-55-42-29-40-38(28-37(42)31(2)30-49(55,3)4)45(39-27-33-14-11-24-54-25-12-17-36(47(33)54)46(39)50(40,5)6)34-15-9-10-16-35(34)48(58)53(7)23-13-18-44(57)52-22-21-32-19-20-41(51)43(56)26-32/h9-10,15-16,19-20,26-29,31,51H,8,11-14,17-18,21-25,30H2,1-7H3,(H2,52,57,58)/p+1. The maximum Gasteiger partial charge on any atom is 0.254 e. The second-order valence-corrected chi connectivity index (χ2v) is 18.5. The molecule has 4 aromatic rings. The molecule has 3 aliphatic heterocycles.